The first-order valence-electron chi connectivity index (χ1n) is 6.47. The fraction of sp³-hybridized carbons (Fsp3) is 0.400. The molecule has 18 heavy (non-hydrogen) atoms. The van der Waals surface area contributed by atoms with Gasteiger partial charge in [-0.1, -0.05) is 18.2 Å². The lowest BCUT2D eigenvalue weighted by atomic mass is 10.0. The molecular formula is C15H18N2O. The summed E-state index contributed by atoms with van der Waals surface area (Å²) in [4.78, 5) is 14.3. The van der Waals surface area contributed by atoms with Gasteiger partial charge in [-0.3, -0.25) is 9.36 Å². The quantitative estimate of drug-likeness (QED) is 0.809. The number of rotatable bonds is 2. The third-order valence-electron chi connectivity index (χ3n) is 3.62. The van der Waals surface area contributed by atoms with Crippen molar-refractivity contribution in [3.05, 3.63) is 35.5 Å². The largest absolute Gasteiger partial charge is 0.305 e. The standard InChI is InChI=1S/C15H18N2O/c1-16(2)10-12-11-6-3-4-7-13(11)17-14(12)8-5-9-15(17)18/h3-4,6-7H,5,8-10H2,1-2H3. The zero-order valence-electron chi connectivity index (χ0n) is 10.9. The molecule has 2 heterocycles. The molecule has 0 aliphatic carbocycles. The number of hydrogen-bond donors (Lipinski definition) is 0. The SMILES string of the molecule is CN(C)Cc1c2n(c3ccccc13)C(=O)CCC2. The predicted octanol–water partition coefficient (Wildman–Crippen LogP) is 2.68. The maximum absolute atomic E-state index is 12.1. The highest BCUT2D eigenvalue weighted by Crippen LogP contribution is 2.31. The Hall–Kier alpha value is -1.61. The van der Waals surface area contributed by atoms with E-state index in [-0.39, 0.29) is 5.91 Å². The summed E-state index contributed by atoms with van der Waals surface area (Å²) in [7, 11) is 4.15. The average molecular weight is 242 g/mol. The Bertz CT molecular complexity index is 610. The van der Waals surface area contributed by atoms with Crippen LogP contribution < -0.4 is 0 Å². The normalized spacial score (nSPS) is 15.4. The highest BCUT2D eigenvalue weighted by molar-refractivity contribution is 5.96. The van der Waals surface area contributed by atoms with Gasteiger partial charge in [0.25, 0.3) is 0 Å². The van der Waals surface area contributed by atoms with Crippen molar-refractivity contribution in [2.45, 2.75) is 25.8 Å². The van der Waals surface area contributed by atoms with Crippen LogP contribution in [0.5, 0.6) is 0 Å². The molecule has 3 rings (SSSR count). The first-order valence-corrected chi connectivity index (χ1v) is 6.47. The molecule has 0 unspecified atom stereocenters. The lowest BCUT2D eigenvalue weighted by Crippen LogP contribution is -2.20. The summed E-state index contributed by atoms with van der Waals surface area (Å²) in [6.45, 7) is 0.899. The number of benzene rings is 1. The van der Waals surface area contributed by atoms with Crippen LogP contribution in [0.2, 0.25) is 0 Å². The predicted molar refractivity (Wildman–Crippen MR) is 72.9 cm³/mol. The fourth-order valence-electron chi connectivity index (χ4n) is 2.92. The number of carbonyl (C=O) groups is 1. The van der Waals surface area contributed by atoms with Gasteiger partial charge in [0.15, 0.2) is 0 Å². The highest BCUT2D eigenvalue weighted by atomic mass is 16.2. The van der Waals surface area contributed by atoms with Gasteiger partial charge in [0.05, 0.1) is 5.52 Å². The Morgan fingerprint density at radius 1 is 1.22 bits per heavy atom. The third kappa shape index (κ3) is 1.66. The van der Waals surface area contributed by atoms with Gasteiger partial charge in [-0.25, -0.2) is 0 Å². The van der Waals surface area contributed by atoms with Gasteiger partial charge in [-0.2, -0.15) is 0 Å². The molecule has 0 saturated carbocycles. The number of carbonyl (C=O) groups excluding carboxylic acids is 1. The van der Waals surface area contributed by atoms with Crippen LogP contribution in [0, 0.1) is 0 Å². The van der Waals surface area contributed by atoms with E-state index in [1.54, 1.807) is 0 Å². The molecule has 0 N–H and O–H groups in total. The Kier molecular flexibility index (Phi) is 2.71. The van der Waals surface area contributed by atoms with E-state index >= 15 is 0 Å². The second-order valence-electron chi connectivity index (χ2n) is 5.26. The molecule has 3 nitrogen and oxygen atoms in total. The molecule has 0 atom stereocenters. The van der Waals surface area contributed by atoms with Crippen molar-refractivity contribution >= 4 is 16.8 Å². The number of aromatic nitrogens is 1. The first-order chi connectivity index (χ1) is 8.68. The van der Waals surface area contributed by atoms with Gasteiger partial charge in [-0.15, -0.1) is 0 Å². The minimum atomic E-state index is 0.248. The van der Waals surface area contributed by atoms with E-state index in [4.69, 9.17) is 0 Å². The average Bonchev–Trinajstić information content (AvgIpc) is 2.65. The smallest absolute Gasteiger partial charge is 0.231 e. The monoisotopic (exact) mass is 242 g/mol. The van der Waals surface area contributed by atoms with Crippen molar-refractivity contribution in [1.82, 2.24) is 9.47 Å². The number of nitrogens with zero attached hydrogens (tertiary/aromatic N) is 2. The van der Waals surface area contributed by atoms with Crippen LogP contribution in [0.15, 0.2) is 24.3 Å². The zero-order valence-corrected chi connectivity index (χ0v) is 10.9. The van der Waals surface area contributed by atoms with Crippen molar-refractivity contribution in [2.24, 2.45) is 0 Å². The van der Waals surface area contributed by atoms with E-state index < -0.39 is 0 Å². The number of hydrogen-bond acceptors (Lipinski definition) is 2. The van der Waals surface area contributed by atoms with Gasteiger partial charge in [-0.05, 0) is 38.6 Å². The molecule has 0 spiro atoms. The minimum absolute atomic E-state index is 0.248. The molecule has 1 aliphatic heterocycles. The van der Waals surface area contributed by atoms with Crippen molar-refractivity contribution in [1.29, 1.82) is 0 Å². The van der Waals surface area contributed by atoms with Crippen LogP contribution in [0.25, 0.3) is 10.9 Å². The van der Waals surface area contributed by atoms with Crippen molar-refractivity contribution in [2.75, 3.05) is 14.1 Å². The van der Waals surface area contributed by atoms with Crippen molar-refractivity contribution in [3.8, 4) is 0 Å². The Balaban J connectivity index is 2.30. The number of fused-ring (bicyclic) bond motifs is 3. The van der Waals surface area contributed by atoms with E-state index in [0.717, 1.165) is 24.9 Å². The summed E-state index contributed by atoms with van der Waals surface area (Å²) in [5.74, 6) is 0.248. The van der Waals surface area contributed by atoms with E-state index in [2.05, 4.69) is 37.2 Å². The van der Waals surface area contributed by atoms with Crippen LogP contribution >= 0.6 is 0 Å². The fourth-order valence-corrected chi connectivity index (χ4v) is 2.92. The van der Waals surface area contributed by atoms with Crippen LogP contribution in [-0.4, -0.2) is 29.5 Å². The molecule has 1 aromatic carbocycles. The summed E-state index contributed by atoms with van der Waals surface area (Å²) in [5.41, 5.74) is 3.62. The lowest BCUT2D eigenvalue weighted by Gasteiger charge is -2.17. The van der Waals surface area contributed by atoms with E-state index in [0.29, 0.717) is 6.42 Å². The molecule has 1 aliphatic rings. The molecule has 0 bridgehead atoms. The van der Waals surface area contributed by atoms with Gasteiger partial charge < -0.3 is 4.90 Å². The molecule has 2 aromatic rings. The number of para-hydroxylation sites is 1. The van der Waals surface area contributed by atoms with Gasteiger partial charge in [0.1, 0.15) is 0 Å². The molecule has 0 fully saturated rings. The maximum Gasteiger partial charge on any atom is 0.231 e. The molecule has 0 radical (unpaired) electrons. The van der Waals surface area contributed by atoms with Crippen LogP contribution in [0.1, 0.15) is 28.9 Å². The third-order valence-corrected chi connectivity index (χ3v) is 3.62. The summed E-state index contributed by atoms with van der Waals surface area (Å²) in [6.07, 6.45) is 2.67. The topological polar surface area (TPSA) is 25.2 Å². The van der Waals surface area contributed by atoms with Crippen LogP contribution in [0.4, 0.5) is 0 Å². The molecule has 94 valence electrons. The minimum Gasteiger partial charge on any atom is -0.305 e. The zero-order chi connectivity index (χ0) is 12.7. The molecule has 0 saturated heterocycles. The summed E-state index contributed by atoms with van der Waals surface area (Å²) >= 11 is 0. The van der Waals surface area contributed by atoms with E-state index in [1.165, 1.54) is 16.6 Å². The van der Waals surface area contributed by atoms with Gasteiger partial charge in [0.2, 0.25) is 5.91 Å². The van der Waals surface area contributed by atoms with E-state index in [9.17, 15) is 4.79 Å². The second kappa shape index (κ2) is 4.25. The molecule has 1 aromatic heterocycles. The first kappa shape index (κ1) is 11.5. The molecular weight excluding hydrogens is 224 g/mol. The second-order valence-corrected chi connectivity index (χ2v) is 5.26. The Morgan fingerprint density at radius 2 is 2.00 bits per heavy atom. The van der Waals surface area contributed by atoms with Crippen LogP contribution in [0.3, 0.4) is 0 Å². The summed E-state index contributed by atoms with van der Waals surface area (Å²) < 4.78 is 1.94. The Morgan fingerprint density at radius 3 is 2.78 bits per heavy atom. The van der Waals surface area contributed by atoms with Crippen molar-refractivity contribution < 1.29 is 4.79 Å². The van der Waals surface area contributed by atoms with Crippen molar-refractivity contribution in [3.63, 3.8) is 0 Å². The van der Waals surface area contributed by atoms with Gasteiger partial charge >= 0.3 is 0 Å². The highest BCUT2D eigenvalue weighted by Gasteiger charge is 2.24. The summed E-state index contributed by atoms with van der Waals surface area (Å²) in [6, 6.07) is 8.25. The molecule has 3 heteroatoms. The van der Waals surface area contributed by atoms with Gasteiger partial charge in [0, 0.05) is 24.0 Å². The van der Waals surface area contributed by atoms with Crippen LogP contribution in [-0.2, 0) is 13.0 Å². The summed E-state index contributed by atoms with van der Waals surface area (Å²) in [5, 5.41) is 1.23. The maximum atomic E-state index is 12.1. The lowest BCUT2D eigenvalue weighted by molar-refractivity contribution is 0.0889. The van der Waals surface area contributed by atoms with E-state index in [1.807, 2.05) is 10.6 Å². The Labute approximate surface area is 107 Å². The molecule has 0 amide bonds.